The van der Waals surface area contributed by atoms with Crippen molar-refractivity contribution >= 4 is 17.5 Å². The number of rotatable bonds is 10. The van der Waals surface area contributed by atoms with Crippen LogP contribution in [-0.2, 0) is 17.9 Å². The minimum Gasteiger partial charge on any atom is -0.345 e. The lowest BCUT2D eigenvalue weighted by Crippen LogP contribution is -2.44. The van der Waals surface area contributed by atoms with Crippen molar-refractivity contribution in [1.82, 2.24) is 9.47 Å². The van der Waals surface area contributed by atoms with Gasteiger partial charge in [-0.2, -0.15) is 0 Å². The van der Waals surface area contributed by atoms with Crippen LogP contribution >= 0.6 is 11.6 Å². The first kappa shape index (κ1) is 22.9. The van der Waals surface area contributed by atoms with Crippen LogP contribution in [0.1, 0.15) is 82.9 Å². The average Bonchev–Trinajstić information content (AvgIpc) is 3.19. The average molecular weight is 429 g/mol. The van der Waals surface area contributed by atoms with Crippen LogP contribution in [0.4, 0.5) is 0 Å². The number of unbranched alkanes of at least 4 members (excludes halogenated alkanes) is 1. The molecule has 3 rings (SSSR count). The van der Waals surface area contributed by atoms with Crippen molar-refractivity contribution in [3.63, 3.8) is 0 Å². The highest BCUT2D eigenvalue weighted by molar-refractivity contribution is 6.30. The molecule has 1 atom stereocenters. The summed E-state index contributed by atoms with van der Waals surface area (Å²) in [6.07, 6.45) is 12.4. The van der Waals surface area contributed by atoms with Gasteiger partial charge in [-0.1, -0.05) is 69.7 Å². The Hall–Kier alpha value is -1.74. The van der Waals surface area contributed by atoms with Crippen LogP contribution in [0.25, 0.3) is 0 Å². The van der Waals surface area contributed by atoms with Gasteiger partial charge in [-0.15, -0.1) is 0 Å². The van der Waals surface area contributed by atoms with Crippen LogP contribution in [0.2, 0.25) is 5.02 Å². The van der Waals surface area contributed by atoms with E-state index in [1.54, 1.807) is 0 Å². The predicted molar refractivity (Wildman–Crippen MR) is 126 cm³/mol. The SMILES string of the molecule is CCCC[C@@H](CC)C(=O)N(Cc1cccn1Cc1cccc(Cl)c1)C1CCCCC1. The molecule has 1 amide bonds. The number of aromatic nitrogens is 1. The molecular weight excluding hydrogens is 392 g/mol. The third-order valence-corrected chi connectivity index (χ3v) is 6.78. The maximum absolute atomic E-state index is 13.6. The fourth-order valence-electron chi connectivity index (χ4n) is 4.72. The van der Waals surface area contributed by atoms with E-state index in [1.165, 1.54) is 30.5 Å². The summed E-state index contributed by atoms with van der Waals surface area (Å²) < 4.78 is 2.27. The lowest BCUT2D eigenvalue weighted by molar-refractivity contribution is -0.140. The minimum atomic E-state index is 0.156. The molecule has 0 unspecified atom stereocenters. The Balaban J connectivity index is 1.79. The largest absolute Gasteiger partial charge is 0.345 e. The molecular formula is C26H37ClN2O. The maximum atomic E-state index is 13.6. The smallest absolute Gasteiger partial charge is 0.226 e. The second kappa shape index (κ2) is 11.6. The molecule has 1 aliphatic rings. The Morgan fingerprint density at radius 3 is 2.67 bits per heavy atom. The Bertz CT molecular complexity index is 794. The van der Waals surface area contributed by atoms with Gasteiger partial charge in [0.1, 0.15) is 0 Å². The van der Waals surface area contributed by atoms with E-state index < -0.39 is 0 Å². The summed E-state index contributed by atoms with van der Waals surface area (Å²) in [7, 11) is 0. The summed E-state index contributed by atoms with van der Waals surface area (Å²) in [5.74, 6) is 0.525. The quantitative estimate of drug-likeness (QED) is 0.397. The number of hydrogen-bond donors (Lipinski definition) is 0. The molecule has 1 fully saturated rings. The van der Waals surface area contributed by atoms with Crippen LogP contribution in [0.5, 0.6) is 0 Å². The van der Waals surface area contributed by atoms with Crippen molar-refractivity contribution in [3.8, 4) is 0 Å². The number of hydrogen-bond acceptors (Lipinski definition) is 1. The van der Waals surface area contributed by atoms with E-state index >= 15 is 0 Å². The van der Waals surface area contributed by atoms with Gasteiger partial charge in [-0.05, 0) is 55.5 Å². The van der Waals surface area contributed by atoms with Gasteiger partial charge in [-0.25, -0.2) is 0 Å². The highest BCUT2D eigenvalue weighted by Crippen LogP contribution is 2.28. The Kier molecular flexibility index (Phi) is 8.87. The van der Waals surface area contributed by atoms with Gasteiger partial charge in [0.15, 0.2) is 0 Å². The molecule has 0 radical (unpaired) electrons. The zero-order valence-corrected chi connectivity index (χ0v) is 19.4. The molecule has 1 saturated carbocycles. The van der Waals surface area contributed by atoms with Crippen LogP contribution in [0, 0.1) is 5.92 Å². The van der Waals surface area contributed by atoms with Crippen LogP contribution < -0.4 is 0 Å². The highest BCUT2D eigenvalue weighted by atomic mass is 35.5. The van der Waals surface area contributed by atoms with Gasteiger partial charge < -0.3 is 9.47 Å². The number of nitrogens with zero attached hydrogens (tertiary/aromatic N) is 2. The first-order valence-corrected chi connectivity index (χ1v) is 12.2. The van der Waals surface area contributed by atoms with Crippen LogP contribution in [0.3, 0.4) is 0 Å². The molecule has 30 heavy (non-hydrogen) atoms. The molecule has 1 aromatic carbocycles. The summed E-state index contributed by atoms with van der Waals surface area (Å²) in [5.41, 5.74) is 2.39. The zero-order valence-electron chi connectivity index (χ0n) is 18.7. The molecule has 1 aromatic heterocycles. The monoisotopic (exact) mass is 428 g/mol. The molecule has 0 bridgehead atoms. The first-order valence-electron chi connectivity index (χ1n) is 11.8. The summed E-state index contributed by atoms with van der Waals surface area (Å²) in [6, 6.07) is 12.7. The molecule has 1 heterocycles. The van der Waals surface area contributed by atoms with E-state index in [-0.39, 0.29) is 5.92 Å². The first-order chi connectivity index (χ1) is 14.6. The van der Waals surface area contributed by atoms with Gasteiger partial charge >= 0.3 is 0 Å². The lowest BCUT2D eigenvalue weighted by Gasteiger charge is -2.37. The molecule has 0 saturated heterocycles. The van der Waals surface area contributed by atoms with Crippen LogP contribution in [-0.4, -0.2) is 21.4 Å². The van der Waals surface area contributed by atoms with E-state index in [1.807, 2.05) is 18.2 Å². The van der Waals surface area contributed by atoms with E-state index in [0.717, 1.165) is 50.1 Å². The maximum Gasteiger partial charge on any atom is 0.226 e. The molecule has 1 aliphatic carbocycles. The Labute approximate surface area is 187 Å². The van der Waals surface area contributed by atoms with E-state index in [0.29, 0.717) is 18.5 Å². The fraction of sp³-hybridized carbons (Fsp3) is 0.577. The summed E-state index contributed by atoms with van der Waals surface area (Å²) in [5, 5.41) is 0.766. The Morgan fingerprint density at radius 2 is 1.97 bits per heavy atom. The number of carbonyl (C=O) groups is 1. The molecule has 164 valence electrons. The highest BCUT2D eigenvalue weighted by Gasteiger charge is 2.30. The number of halogens is 1. The normalized spacial score (nSPS) is 15.8. The second-order valence-electron chi connectivity index (χ2n) is 8.76. The molecule has 4 heteroatoms. The number of benzene rings is 1. The predicted octanol–water partition coefficient (Wildman–Crippen LogP) is 7.07. The Morgan fingerprint density at radius 1 is 1.17 bits per heavy atom. The number of amides is 1. The van der Waals surface area contributed by atoms with Crippen LogP contribution in [0.15, 0.2) is 42.6 Å². The third-order valence-electron chi connectivity index (χ3n) is 6.54. The van der Waals surface area contributed by atoms with Crippen molar-refractivity contribution in [2.24, 2.45) is 5.92 Å². The van der Waals surface area contributed by atoms with Gasteiger partial charge in [0.2, 0.25) is 5.91 Å². The number of carbonyl (C=O) groups excluding carboxylic acids is 1. The second-order valence-corrected chi connectivity index (χ2v) is 9.20. The molecule has 0 spiro atoms. The van der Waals surface area contributed by atoms with Gasteiger partial charge in [-0.3, -0.25) is 4.79 Å². The zero-order chi connectivity index (χ0) is 21.3. The molecule has 3 nitrogen and oxygen atoms in total. The van der Waals surface area contributed by atoms with E-state index in [4.69, 9.17) is 11.6 Å². The third kappa shape index (κ3) is 6.14. The standard InChI is InChI=1S/C26H37ClN2O/c1-3-5-12-22(4-2)26(30)29(24-14-7-6-8-15-24)20-25-16-10-17-28(25)19-21-11-9-13-23(27)18-21/h9-11,13,16-18,22,24H,3-8,12,14-15,19-20H2,1-2H3/t22-/m1/s1. The van der Waals surface area contributed by atoms with Crippen molar-refractivity contribution in [3.05, 3.63) is 58.9 Å². The van der Waals surface area contributed by atoms with E-state index in [9.17, 15) is 4.79 Å². The summed E-state index contributed by atoms with van der Waals surface area (Å²) in [6.45, 7) is 5.86. The molecule has 2 aromatic rings. The lowest BCUT2D eigenvalue weighted by atomic mass is 9.91. The van der Waals surface area contributed by atoms with Crippen molar-refractivity contribution in [2.75, 3.05) is 0 Å². The minimum absolute atomic E-state index is 0.156. The fourth-order valence-corrected chi connectivity index (χ4v) is 4.93. The van der Waals surface area contributed by atoms with Crippen molar-refractivity contribution in [2.45, 2.75) is 90.8 Å². The summed E-state index contributed by atoms with van der Waals surface area (Å²) >= 11 is 6.18. The van der Waals surface area contributed by atoms with Crippen molar-refractivity contribution < 1.29 is 4.79 Å². The molecule has 0 N–H and O–H groups in total. The van der Waals surface area contributed by atoms with Gasteiger partial charge in [0.05, 0.1) is 6.54 Å². The molecule has 0 aliphatic heterocycles. The van der Waals surface area contributed by atoms with E-state index in [2.05, 4.69) is 47.7 Å². The summed E-state index contributed by atoms with van der Waals surface area (Å²) in [4.78, 5) is 15.8. The van der Waals surface area contributed by atoms with Gasteiger partial charge in [0.25, 0.3) is 0 Å². The van der Waals surface area contributed by atoms with Gasteiger partial charge in [0, 0.05) is 35.4 Å². The topological polar surface area (TPSA) is 25.2 Å². The van der Waals surface area contributed by atoms with Crippen molar-refractivity contribution in [1.29, 1.82) is 0 Å².